The molecule has 0 fully saturated rings. The predicted octanol–water partition coefficient (Wildman–Crippen LogP) is 2.08. The Balaban J connectivity index is 2.93. The first-order valence-corrected chi connectivity index (χ1v) is 4.97. The molecule has 4 nitrogen and oxygen atoms in total. The van der Waals surface area contributed by atoms with Crippen molar-refractivity contribution >= 4 is 5.91 Å². The number of aromatic nitrogens is 1. The molecule has 1 heterocycles. The second kappa shape index (κ2) is 5.04. The van der Waals surface area contributed by atoms with E-state index in [2.05, 4.69) is 4.98 Å². The molecule has 0 unspecified atom stereocenters. The maximum Gasteiger partial charge on any atom is 0.417 e. The molecule has 18 heavy (non-hydrogen) atoms. The number of carbonyl (C=O) groups excluding carboxylic acids is 1. The summed E-state index contributed by atoms with van der Waals surface area (Å²) in [6.45, 7) is 1.50. The van der Waals surface area contributed by atoms with Gasteiger partial charge in [-0.1, -0.05) is 0 Å². The lowest BCUT2D eigenvalue weighted by atomic mass is 10.2. The van der Waals surface area contributed by atoms with E-state index in [9.17, 15) is 18.0 Å². The first-order valence-electron chi connectivity index (χ1n) is 4.97. The molecule has 0 aromatic carbocycles. The lowest BCUT2D eigenvalue weighted by Crippen LogP contribution is -2.34. The van der Waals surface area contributed by atoms with Crippen molar-refractivity contribution in [1.29, 1.82) is 5.26 Å². The van der Waals surface area contributed by atoms with Crippen LogP contribution in [0.3, 0.4) is 0 Å². The van der Waals surface area contributed by atoms with Crippen LogP contribution in [0.15, 0.2) is 18.3 Å². The third kappa shape index (κ3) is 2.97. The van der Waals surface area contributed by atoms with Crippen LogP contribution in [0.5, 0.6) is 0 Å². The number of halogens is 3. The van der Waals surface area contributed by atoms with E-state index in [1.807, 2.05) is 6.07 Å². The van der Waals surface area contributed by atoms with E-state index >= 15 is 0 Å². The SMILES string of the molecule is C[C@@H](C#N)N(C)C(=O)c1ccc(C(F)(F)F)cn1. The summed E-state index contributed by atoms with van der Waals surface area (Å²) in [6, 6.07) is 2.94. The van der Waals surface area contributed by atoms with E-state index in [-0.39, 0.29) is 5.69 Å². The zero-order chi connectivity index (χ0) is 13.9. The highest BCUT2D eigenvalue weighted by atomic mass is 19.4. The molecule has 0 radical (unpaired) electrons. The summed E-state index contributed by atoms with van der Waals surface area (Å²) in [5, 5.41) is 8.64. The Bertz CT molecular complexity index is 476. The summed E-state index contributed by atoms with van der Waals surface area (Å²) in [7, 11) is 1.38. The fraction of sp³-hybridized carbons (Fsp3) is 0.364. The van der Waals surface area contributed by atoms with Gasteiger partial charge >= 0.3 is 6.18 Å². The number of rotatable bonds is 2. The molecule has 0 saturated carbocycles. The van der Waals surface area contributed by atoms with Crippen LogP contribution in [0.25, 0.3) is 0 Å². The maximum atomic E-state index is 12.3. The predicted molar refractivity (Wildman–Crippen MR) is 56.4 cm³/mol. The Hall–Kier alpha value is -2.10. The summed E-state index contributed by atoms with van der Waals surface area (Å²) in [6.07, 6.45) is -3.89. The highest BCUT2D eigenvalue weighted by Crippen LogP contribution is 2.28. The normalized spacial score (nSPS) is 12.7. The van der Waals surface area contributed by atoms with Gasteiger partial charge in [-0.05, 0) is 19.1 Å². The Kier molecular flexibility index (Phi) is 3.91. The van der Waals surface area contributed by atoms with E-state index in [0.29, 0.717) is 6.20 Å². The molecule has 0 bridgehead atoms. The van der Waals surface area contributed by atoms with Gasteiger partial charge in [0.15, 0.2) is 0 Å². The van der Waals surface area contributed by atoms with E-state index in [0.717, 1.165) is 17.0 Å². The van der Waals surface area contributed by atoms with Gasteiger partial charge in [0, 0.05) is 13.2 Å². The standard InChI is InChI=1S/C11H10F3N3O/c1-7(5-15)17(2)10(18)9-4-3-8(6-16-9)11(12,13)14/h3-4,6-7H,1-2H3/t7-/m0/s1. The summed E-state index contributed by atoms with van der Waals surface area (Å²) in [5.74, 6) is -0.599. The minimum atomic E-state index is -4.49. The van der Waals surface area contributed by atoms with Gasteiger partial charge in [-0.25, -0.2) is 0 Å². The number of hydrogen-bond donors (Lipinski definition) is 0. The largest absolute Gasteiger partial charge is 0.417 e. The number of amides is 1. The van der Waals surface area contributed by atoms with Gasteiger partial charge in [0.05, 0.1) is 11.6 Å². The lowest BCUT2D eigenvalue weighted by molar-refractivity contribution is -0.137. The van der Waals surface area contributed by atoms with Gasteiger partial charge in [-0.15, -0.1) is 0 Å². The molecule has 1 aromatic heterocycles. The minimum Gasteiger partial charge on any atom is -0.325 e. The summed E-state index contributed by atoms with van der Waals surface area (Å²) in [4.78, 5) is 16.3. The van der Waals surface area contributed by atoms with Gasteiger partial charge in [0.25, 0.3) is 5.91 Å². The third-order valence-corrected chi connectivity index (χ3v) is 2.40. The van der Waals surface area contributed by atoms with Crippen molar-refractivity contribution in [3.05, 3.63) is 29.6 Å². The van der Waals surface area contributed by atoms with Crippen molar-refractivity contribution in [3.8, 4) is 6.07 Å². The quantitative estimate of drug-likeness (QED) is 0.815. The molecule has 1 atom stereocenters. The first kappa shape index (κ1) is 14.0. The molecule has 0 aliphatic rings. The molecule has 0 aliphatic carbocycles. The van der Waals surface area contributed by atoms with Crippen molar-refractivity contribution in [1.82, 2.24) is 9.88 Å². The van der Waals surface area contributed by atoms with Crippen LogP contribution in [0.1, 0.15) is 23.0 Å². The van der Waals surface area contributed by atoms with Crippen molar-refractivity contribution < 1.29 is 18.0 Å². The summed E-state index contributed by atoms with van der Waals surface area (Å²) in [5.41, 5.74) is -1.05. The average Bonchev–Trinajstić information content (AvgIpc) is 2.35. The smallest absolute Gasteiger partial charge is 0.325 e. The number of nitriles is 1. The molecule has 0 N–H and O–H groups in total. The van der Waals surface area contributed by atoms with Gasteiger partial charge in [-0.2, -0.15) is 18.4 Å². The van der Waals surface area contributed by atoms with Crippen LogP contribution in [0.4, 0.5) is 13.2 Å². The summed E-state index contributed by atoms with van der Waals surface area (Å²) >= 11 is 0. The van der Waals surface area contributed by atoms with Crippen LogP contribution in [-0.4, -0.2) is 28.9 Å². The van der Waals surface area contributed by atoms with Crippen molar-refractivity contribution in [2.24, 2.45) is 0 Å². The third-order valence-electron chi connectivity index (χ3n) is 2.40. The van der Waals surface area contributed by atoms with Crippen molar-refractivity contribution in [3.63, 3.8) is 0 Å². The highest BCUT2D eigenvalue weighted by Gasteiger charge is 2.31. The van der Waals surface area contributed by atoms with E-state index in [1.54, 1.807) is 0 Å². The Morgan fingerprint density at radius 3 is 2.50 bits per heavy atom. The van der Waals surface area contributed by atoms with Crippen LogP contribution < -0.4 is 0 Å². The zero-order valence-corrected chi connectivity index (χ0v) is 9.69. The molecule has 0 saturated heterocycles. The van der Waals surface area contributed by atoms with Crippen molar-refractivity contribution in [2.75, 3.05) is 7.05 Å². The number of pyridine rings is 1. The van der Waals surface area contributed by atoms with Gasteiger partial charge < -0.3 is 4.90 Å². The molecular weight excluding hydrogens is 247 g/mol. The Morgan fingerprint density at radius 1 is 1.50 bits per heavy atom. The van der Waals surface area contributed by atoms with E-state index < -0.39 is 23.7 Å². The average molecular weight is 257 g/mol. The van der Waals surface area contributed by atoms with Crippen LogP contribution in [-0.2, 0) is 6.18 Å². The number of alkyl halides is 3. The fourth-order valence-electron chi connectivity index (χ4n) is 1.13. The van der Waals surface area contributed by atoms with Gasteiger partial charge in [-0.3, -0.25) is 9.78 Å². The van der Waals surface area contributed by atoms with Gasteiger partial charge in [0.2, 0.25) is 0 Å². The molecule has 7 heteroatoms. The second-order valence-corrected chi connectivity index (χ2v) is 3.65. The molecular formula is C11H10F3N3O. The monoisotopic (exact) mass is 257 g/mol. The highest BCUT2D eigenvalue weighted by molar-refractivity contribution is 5.92. The molecule has 1 aromatic rings. The lowest BCUT2D eigenvalue weighted by Gasteiger charge is -2.18. The summed E-state index contributed by atoms with van der Waals surface area (Å²) < 4.78 is 36.9. The van der Waals surface area contributed by atoms with Crippen LogP contribution in [0, 0.1) is 11.3 Å². The minimum absolute atomic E-state index is 0.132. The topological polar surface area (TPSA) is 57.0 Å². The zero-order valence-electron chi connectivity index (χ0n) is 9.69. The van der Waals surface area contributed by atoms with Crippen molar-refractivity contribution in [2.45, 2.75) is 19.1 Å². The number of nitrogens with zero attached hydrogens (tertiary/aromatic N) is 3. The second-order valence-electron chi connectivity index (χ2n) is 3.65. The molecule has 0 spiro atoms. The molecule has 96 valence electrons. The molecule has 1 amide bonds. The van der Waals surface area contributed by atoms with E-state index in [1.165, 1.54) is 14.0 Å². The Morgan fingerprint density at radius 2 is 2.11 bits per heavy atom. The maximum absolute atomic E-state index is 12.3. The number of carbonyl (C=O) groups is 1. The van der Waals surface area contributed by atoms with Crippen LogP contribution in [0.2, 0.25) is 0 Å². The molecule has 1 rings (SSSR count). The fourth-order valence-corrected chi connectivity index (χ4v) is 1.13. The van der Waals surface area contributed by atoms with Crippen LogP contribution >= 0.6 is 0 Å². The van der Waals surface area contributed by atoms with Gasteiger partial charge in [0.1, 0.15) is 11.7 Å². The first-order chi connectivity index (χ1) is 8.27. The van der Waals surface area contributed by atoms with E-state index in [4.69, 9.17) is 5.26 Å². The molecule has 0 aliphatic heterocycles. The number of hydrogen-bond acceptors (Lipinski definition) is 3. The Labute approximate surface area is 102 Å².